The normalized spacial score (nSPS) is 15.7. The molecule has 5 N–H and O–H groups in total. The summed E-state index contributed by atoms with van der Waals surface area (Å²) in [6.07, 6.45) is 3.53. The molecule has 11 heteroatoms. The number of amides is 1. The Hall–Kier alpha value is -3.69. The highest BCUT2D eigenvalue weighted by molar-refractivity contribution is 6.35. The summed E-state index contributed by atoms with van der Waals surface area (Å²) in [6.45, 7) is 11.5. The number of aliphatic imine (C=N–C) groups is 3. The fourth-order valence-electron chi connectivity index (χ4n) is 4.22. The minimum absolute atomic E-state index is 0.180. The molecule has 0 radical (unpaired) electrons. The number of anilines is 1. The van der Waals surface area contributed by atoms with Gasteiger partial charge in [-0.3, -0.25) is 9.79 Å². The van der Waals surface area contributed by atoms with Crippen LogP contribution in [0, 0.1) is 12.7 Å². The van der Waals surface area contributed by atoms with Gasteiger partial charge in [0.05, 0.1) is 5.57 Å². The van der Waals surface area contributed by atoms with Crippen molar-refractivity contribution in [3.8, 4) is 0 Å². The van der Waals surface area contributed by atoms with Crippen molar-refractivity contribution in [2.45, 2.75) is 54.0 Å². The number of nitrogens with one attached hydrogen (secondary N) is 3. The van der Waals surface area contributed by atoms with E-state index in [0.717, 1.165) is 11.3 Å². The van der Waals surface area contributed by atoms with Gasteiger partial charge in [0.15, 0.2) is 0 Å². The number of halogens is 3. The molecule has 1 aliphatic heterocycles. The zero-order valence-electron chi connectivity index (χ0n) is 24.5. The summed E-state index contributed by atoms with van der Waals surface area (Å²) < 4.78 is 14.1. The van der Waals surface area contributed by atoms with Crippen LogP contribution in [0.25, 0.3) is 0 Å². The SMILES string of the molecule is CC.CCc1c(F)ccc(N/C(C)=N\C2=NC(c3ccc(Cl)cc3Cl)C(C(=O)NC/C(C=NC)=C/N)=C(C)N2)c1C. The summed E-state index contributed by atoms with van der Waals surface area (Å²) in [5, 5.41) is 10.0. The van der Waals surface area contributed by atoms with Gasteiger partial charge < -0.3 is 21.7 Å². The van der Waals surface area contributed by atoms with E-state index in [0.29, 0.717) is 50.3 Å². The Balaban J connectivity index is 0.00000287. The Morgan fingerprint density at radius 2 is 1.93 bits per heavy atom. The average Bonchev–Trinajstić information content (AvgIpc) is 2.93. The summed E-state index contributed by atoms with van der Waals surface area (Å²) in [6, 6.07) is 7.39. The van der Waals surface area contributed by atoms with E-state index >= 15 is 0 Å². The van der Waals surface area contributed by atoms with Crippen LogP contribution in [0.2, 0.25) is 10.0 Å². The molecule has 2 aromatic rings. The van der Waals surface area contributed by atoms with Crippen LogP contribution in [0.3, 0.4) is 0 Å². The molecule has 0 spiro atoms. The first-order valence-corrected chi connectivity index (χ1v) is 14.1. The van der Waals surface area contributed by atoms with E-state index < -0.39 is 6.04 Å². The second-order valence-corrected chi connectivity index (χ2v) is 9.71. The standard InChI is InChI=1S/C28H32Cl2FN7O.C2H6/c1-6-20-15(2)24(10-9-23(20)31)36-17(4)37-28-35-16(3)25(27(39)34-14-18(12-32)13-33-5)26(38-28)21-8-7-19(29)11-22(21)30;1-2/h7-13,26H,6,14,32H2,1-5H3,(H,34,39)(H2,35,36,37,38);1-2H3/b18-12+,33-13?;. The number of hydrogen-bond acceptors (Lipinski definition) is 6. The van der Waals surface area contributed by atoms with Gasteiger partial charge in [-0.2, -0.15) is 0 Å². The molecule has 0 bridgehead atoms. The predicted molar refractivity (Wildman–Crippen MR) is 171 cm³/mol. The predicted octanol–water partition coefficient (Wildman–Crippen LogP) is 6.49. The van der Waals surface area contributed by atoms with Gasteiger partial charge in [0, 0.05) is 58.6 Å². The number of allylic oxidation sites excluding steroid dienone is 1. The van der Waals surface area contributed by atoms with Crippen LogP contribution in [0.4, 0.5) is 10.1 Å². The van der Waals surface area contributed by atoms with Crippen molar-refractivity contribution in [1.82, 2.24) is 10.6 Å². The van der Waals surface area contributed by atoms with E-state index in [4.69, 9.17) is 33.9 Å². The number of carbonyl (C=O) groups excluding carboxylic acids is 1. The molecule has 0 saturated heterocycles. The van der Waals surface area contributed by atoms with E-state index in [9.17, 15) is 9.18 Å². The Kier molecular flexibility index (Phi) is 13.0. The van der Waals surface area contributed by atoms with E-state index in [1.807, 2.05) is 27.7 Å². The number of guanidine groups is 1. The Morgan fingerprint density at radius 3 is 2.54 bits per heavy atom. The van der Waals surface area contributed by atoms with Gasteiger partial charge in [0.2, 0.25) is 5.96 Å². The minimum atomic E-state index is -0.757. The van der Waals surface area contributed by atoms with Gasteiger partial charge >= 0.3 is 0 Å². The van der Waals surface area contributed by atoms with Crippen LogP contribution in [0.5, 0.6) is 0 Å². The molecule has 0 aromatic heterocycles. The van der Waals surface area contributed by atoms with E-state index in [2.05, 4.69) is 25.9 Å². The fraction of sp³-hybridized carbons (Fsp3) is 0.333. The molecule has 3 rings (SSSR count). The van der Waals surface area contributed by atoms with Crippen LogP contribution in [-0.2, 0) is 11.2 Å². The molecule has 2 aromatic carbocycles. The highest BCUT2D eigenvalue weighted by Gasteiger charge is 2.31. The van der Waals surface area contributed by atoms with Crippen LogP contribution in [0.1, 0.15) is 57.4 Å². The molecule has 1 aliphatic rings. The second kappa shape index (κ2) is 15.9. The largest absolute Gasteiger partial charge is 0.404 e. The monoisotopic (exact) mass is 601 g/mol. The summed E-state index contributed by atoms with van der Waals surface area (Å²) >= 11 is 12.7. The maximum Gasteiger partial charge on any atom is 0.251 e. The lowest BCUT2D eigenvalue weighted by molar-refractivity contribution is -0.117. The van der Waals surface area contributed by atoms with Gasteiger partial charge in [0.1, 0.15) is 17.7 Å². The highest BCUT2D eigenvalue weighted by Crippen LogP contribution is 2.36. The lowest BCUT2D eigenvalue weighted by atomic mass is 9.95. The topological polar surface area (TPSA) is 116 Å². The molecule has 1 heterocycles. The van der Waals surface area contributed by atoms with Crippen LogP contribution in [0.15, 0.2) is 68.4 Å². The number of nitrogens with two attached hydrogens (primary N) is 1. The molecular formula is C30H38Cl2FN7O. The average molecular weight is 603 g/mol. The molecule has 220 valence electrons. The number of nitrogens with zero attached hydrogens (tertiary/aromatic N) is 3. The number of benzene rings is 2. The quantitative estimate of drug-likeness (QED) is 0.214. The molecule has 0 saturated carbocycles. The maximum atomic E-state index is 14.1. The van der Waals surface area contributed by atoms with Gasteiger partial charge in [-0.25, -0.2) is 14.4 Å². The number of hydrogen-bond donors (Lipinski definition) is 4. The zero-order valence-corrected chi connectivity index (χ0v) is 26.0. The molecule has 1 unspecified atom stereocenters. The van der Waals surface area contributed by atoms with Crippen LogP contribution < -0.4 is 21.7 Å². The Labute approximate surface area is 251 Å². The van der Waals surface area contributed by atoms with E-state index in [1.54, 1.807) is 51.4 Å². The van der Waals surface area contributed by atoms with Crippen molar-refractivity contribution >= 4 is 52.8 Å². The third-order valence-electron chi connectivity index (χ3n) is 6.18. The summed E-state index contributed by atoms with van der Waals surface area (Å²) in [5.41, 5.74) is 10.0. The zero-order chi connectivity index (χ0) is 30.7. The second-order valence-electron chi connectivity index (χ2n) is 8.87. The minimum Gasteiger partial charge on any atom is -0.404 e. The molecule has 41 heavy (non-hydrogen) atoms. The lowest BCUT2D eigenvalue weighted by Crippen LogP contribution is -2.36. The van der Waals surface area contributed by atoms with Crippen molar-refractivity contribution in [3.63, 3.8) is 0 Å². The molecular weight excluding hydrogens is 564 g/mol. The smallest absolute Gasteiger partial charge is 0.251 e. The first kappa shape index (κ1) is 33.5. The number of rotatable bonds is 7. The molecule has 1 amide bonds. The van der Waals surface area contributed by atoms with E-state index in [-0.39, 0.29) is 24.2 Å². The first-order valence-electron chi connectivity index (χ1n) is 13.3. The Bertz CT molecular complexity index is 1410. The summed E-state index contributed by atoms with van der Waals surface area (Å²) in [7, 11) is 1.62. The van der Waals surface area contributed by atoms with Crippen molar-refractivity contribution in [1.29, 1.82) is 0 Å². The third-order valence-corrected chi connectivity index (χ3v) is 6.74. The van der Waals surface area contributed by atoms with Gasteiger partial charge in [-0.05, 0) is 62.6 Å². The van der Waals surface area contributed by atoms with Gasteiger partial charge in [-0.1, -0.05) is 50.0 Å². The third kappa shape index (κ3) is 8.65. The molecule has 0 fully saturated rings. The van der Waals surface area contributed by atoms with Crippen molar-refractivity contribution in [2.24, 2.45) is 20.7 Å². The van der Waals surface area contributed by atoms with Gasteiger partial charge in [-0.15, -0.1) is 0 Å². The number of amidine groups is 1. The lowest BCUT2D eigenvalue weighted by Gasteiger charge is -2.26. The van der Waals surface area contributed by atoms with Crippen LogP contribution >= 0.6 is 23.2 Å². The van der Waals surface area contributed by atoms with Crippen molar-refractivity contribution in [2.75, 3.05) is 18.9 Å². The van der Waals surface area contributed by atoms with E-state index in [1.165, 1.54) is 12.3 Å². The first-order chi connectivity index (χ1) is 19.6. The summed E-state index contributed by atoms with van der Waals surface area (Å²) in [4.78, 5) is 26.6. The van der Waals surface area contributed by atoms with Crippen LogP contribution in [-0.4, -0.2) is 37.5 Å². The number of carbonyl (C=O) groups is 1. The Morgan fingerprint density at radius 1 is 1.22 bits per heavy atom. The van der Waals surface area contributed by atoms with Crippen molar-refractivity contribution < 1.29 is 9.18 Å². The van der Waals surface area contributed by atoms with Gasteiger partial charge in [0.25, 0.3) is 5.91 Å². The highest BCUT2D eigenvalue weighted by atomic mass is 35.5. The molecule has 0 aliphatic carbocycles. The molecule has 1 atom stereocenters. The molecule has 8 nitrogen and oxygen atoms in total. The summed E-state index contributed by atoms with van der Waals surface area (Å²) in [5.74, 6) is 0.215. The van der Waals surface area contributed by atoms with Crippen molar-refractivity contribution in [3.05, 3.63) is 85.9 Å². The maximum absolute atomic E-state index is 14.1. The fourth-order valence-corrected chi connectivity index (χ4v) is 4.74.